The number of hydrogen-bond acceptors (Lipinski definition) is 7. The number of aryl methyl sites for hydroxylation is 1. The Morgan fingerprint density at radius 1 is 1.15 bits per heavy atom. The van der Waals surface area contributed by atoms with Crippen molar-refractivity contribution in [1.82, 2.24) is 20.2 Å². The maximum atomic E-state index is 14.9. The van der Waals surface area contributed by atoms with Crippen LogP contribution < -0.4 is 10.6 Å². The fourth-order valence-electron chi connectivity index (χ4n) is 4.50. The van der Waals surface area contributed by atoms with E-state index in [1.54, 1.807) is 45.2 Å². The topological polar surface area (TPSA) is 104 Å². The van der Waals surface area contributed by atoms with Gasteiger partial charge in [0.2, 0.25) is 5.95 Å². The van der Waals surface area contributed by atoms with Crippen LogP contribution in [0.4, 0.5) is 16.0 Å². The number of carbonyl (C=O) groups excluding carboxylic acids is 1. The quantitative estimate of drug-likeness (QED) is 0.354. The van der Waals surface area contributed by atoms with Crippen LogP contribution >= 0.6 is 11.6 Å². The van der Waals surface area contributed by atoms with E-state index >= 15 is 0 Å². The fourth-order valence-corrected chi connectivity index (χ4v) is 5.85. The number of nitrogens with one attached hydrogen (secondary N) is 2. The zero-order valence-corrected chi connectivity index (χ0v) is 25.7. The van der Waals surface area contributed by atoms with Crippen molar-refractivity contribution >= 4 is 39.0 Å². The third kappa shape index (κ3) is 7.81. The molecule has 0 unspecified atom stereocenters. The lowest BCUT2D eigenvalue weighted by molar-refractivity contribution is 0.0913. The minimum atomic E-state index is -3.41. The summed E-state index contributed by atoms with van der Waals surface area (Å²) >= 11 is 6.34. The van der Waals surface area contributed by atoms with E-state index in [-0.39, 0.29) is 23.3 Å². The molecule has 220 valence electrons. The maximum absolute atomic E-state index is 14.9. The van der Waals surface area contributed by atoms with E-state index in [0.29, 0.717) is 22.7 Å². The van der Waals surface area contributed by atoms with Crippen LogP contribution in [0.1, 0.15) is 66.4 Å². The Morgan fingerprint density at radius 2 is 1.85 bits per heavy atom. The number of anilines is 2. The summed E-state index contributed by atoms with van der Waals surface area (Å²) in [5.41, 5.74) is 3.37. The number of benzene rings is 2. The summed E-state index contributed by atoms with van der Waals surface area (Å²) in [6.07, 6.45) is 3.77. The maximum Gasteiger partial charge on any atom is 0.254 e. The van der Waals surface area contributed by atoms with E-state index < -0.39 is 26.3 Å². The van der Waals surface area contributed by atoms with Crippen LogP contribution in [0.25, 0.3) is 0 Å². The van der Waals surface area contributed by atoms with Gasteiger partial charge in [-0.3, -0.25) is 4.79 Å². The van der Waals surface area contributed by atoms with Crippen LogP contribution in [0.15, 0.2) is 42.6 Å². The van der Waals surface area contributed by atoms with E-state index in [1.807, 2.05) is 20.0 Å². The van der Waals surface area contributed by atoms with E-state index in [1.165, 1.54) is 12.1 Å². The van der Waals surface area contributed by atoms with Crippen molar-refractivity contribution in [2.24, 2.45) is 0 Å². The van der Waals surface area contributed by atoms with Gasteiger partial charge in [-0.1, -0.05) is 23.7 Å². The van der Waals surface area contributed by atoms with Gasteiger partial charge >= 0.3 is 0 Å². The monoisotopic (exact) mass is 601 g/mol. The van der Waals surface area contributed by atoms with Crippen molar-refractivity contribution < 1.29 is 17.6 Å². The number of hydrogen-bond donors (Lipinski definition) is 2. The fraction of sp³-hybridized carbons (Fsp3) is 0.433. The first-order chi connectivity index (χ1) is 19.2. The van der Waals surface area contributed by atoms with Gasteiger partial charge in [0.1, 0.15) is 5.82 Å². The van der Waals surface area contributed by atoms with E-state index in [4.69, 9.17) is 11.6 Å². The second kappa shape index (κ2) is 12.4. The summed E-state index contributed by atoms with van der Waals surface area (Å²) < 4.78 is 39.5. The molecule has 11 heteroatoms. The lowest BCUT2D eigenvalue weighted by Crippen LogP contribution is -2.43. The molecular formula is C30H37ClFN5O3S. The largest absolute Gasteiger partial charge is 0.349 e. The van der Waals surface area contributed by atoms with Gasteiger partial charge in [0, 0.05) is 29.4 Å². The normalized spacial score (nSPS) is 15.1. The Labute approximate surface area is 246 Å². The van der Waals surface area contributed by atoms with Crippen LogP contribution in [0.2, 0.25) is 5.02 Å². The minimum Gasteiger partial charge on any atom is -0.349 e. The number of sulfone groups is 1. The van der Waals surface area contributed by atoms with Crippen LogP contribution in [0.5, 0.6) is 0 Å². The molecule has 8 nitrogen and oxygen atoms in total. The third-order valence-corrected chi connectivity index (χ3v) is 10.3. The second-order valence-corrected chi connectivity index (χ2v) is 14.8. The van der Waals surface area contributed by atoms with Gasteiger partial charge in [-0.2, -0.15) is 0 Å². The van der Waals surface area contributed by atoms with Crippen LogP contribution in [0.3, 0.4) is 0 Å². The van der Waals surface area contributed by atoms with Crippen LogP contribution in [-0.4, -0.2) is 60.1 Å². The summed E-state index contributed by atoms with van der Waals surface area (Å²) in [4.78, 5) is 23.8. The molecule has 0 spiro atoms. The number of amides is 1. The zero-order chi connectivity index (χ0) is 29.9. The van der Waals surface area contributed by atoms with Gasteiger partial charge in [-0.25, -0.2) is 22.8 Å². The lowest BCUT2D eigenvalue weighted by atomic mass is 10.0. The lowest BCUT2D eigenvalue weighted by Gasteiger charge is -2.29. The Bertz CT molecular complexity index is 1530. The highest BCUT2D eigenvalue weighted by Gasteiger charge is 2.30. The summed E-state index contributed by atoms with van der Waals surface area (Å²) in [5, 5.41) is 6.35. The minimum absolute atomic E-state index is 0.00740. The average Bonchev–Trinajstić information content (AvgIpc) is 2.88. The molecule has 4 rings (SSSR count). The smallest absolute Gasteiger partial charge is 0.254 e. The zero-order valence-electron chi connectivity index (χ0n) is 24.1. The van der Waals surface area contributed by atoms with Crippen molar-refractivity contribution in [2.45, 2.75) is 63.5 Å². The number of halogens is 2. The molecule has 1 aliphatic heterocycles. The van der Waals surface area contributed by atoms with Crippen molar-refractivity contribution in [1.29, 1.82) is 0 Å². The molecule has 2 heterocycles. The van der Waals surface area contributed by atoms with Gasteiger partial charge in [-0.05, 0) is 102 Å². The SMILES string of the molecule is Cc1cnc(Nc2ccc(C(=O)NC3CCN(C)CC3)c(F)c2)nc1Cc1ccc(Cl)c(CS(=O)(=O)C(C)(C)C)c1. The molecule has 2 N–H and O–H groups in total. The second-order valence-electron chi connectivity index (χ2n) is 11.7. The summed E-state index contributed by atoms with van der Waals surface area (Å²) in [6, 6.07) is 9.71. The highest BCUT2D eigenvalue weighted by atomic mass is 35.5. The van der Waals surface area contributed by atoms with E-state index in [0.717, 1.165) is 42.8 Å². The highest BCUT2D eigenvalue weighted by molar-refractivity contribution is 7.91. The van der Waals surface area contributed by atoms with Crippen molar-refractivity contribution in [3.63, 3.8) is 0 Å². The van der Waals surface area contributed by atoms with Crippen molar-refractivity contribution in [3.05, 3.63) is 81.4 Å². The van der Waals surface area contributed by atoms with Crippen LogP contribution in [0, 0.1) is 12.7 Å². The standard InChI is InChI=1S/C30H37ClFN5O3S/c1-19-17-33-29(35-23-7-8-24(26(32)16-23)28(38)34-22-10-12-37(5)13-11-22)36-27(19)15-20-6-9-25(31)21(14-20)18-41(39,40)30(2,3)4/h6-9,14,16-17,22H,10-13,15,18H2,1-5H3,(H,34,38)(H,33,35,36). The number of carbonyl (C=O) groups is 1. The molecule has 0 saturated carbocycles. The first-order valence-electron chi connectivity index (χ1n) is 13.6. The molecule has 0 radical (unpaired) electrons. The number of piperidine rings is 1. The van der Waals surface area contributed by atoms with E-state index in [9.17, 15) is 17.6 Å². The number of likely N-dealkylation sites (tertiary alicyclic amines) is 1. The third-order valence-electron chi connectivity index (χ3n) is 7.36. The Kier molecular flexibility index (Phi) is 9.35. The first kappa shape index (κ1) is 30.9. The number of aromatic nitrogens is 2. The Morgan fingerprint density at radius 3 is 2.51 bits per heavy atom. The molecule has 3 aromatic rings. The molecule has 2 aromatic carbocycles. The van der Waals surface area contributed by atoms with Gasteiger partial charge in [0.25, 0.3) is 5.91 Å². The molecule has 1 aromatic heterocycles. The molecule has 1 saturated heterocycles. The molecule has 1 fully saturated rings. The Balaban J connectivity index is 1.46. The molecule has 41 heavy (non-hydrogen) atoms. The molecular weight excluding hydrogens is 565 g/mol. The number of nitrogens with zero attached hydrogens (tertiary/aromatic N) is 3. The van der Waals surface area contributed by atoms with Gasteiger partial charge in [-0.15, -0.1) is 0 Å². The van der Waals surface area contributed by atoms with Crippen LogP contribution in [-0.2, 0) is 22.0 Å². The molecule has 0 bridgehead atoms. The van der Waals surface area contributed by atoms with E-state index in [2.05, 4.69) is 25.5 Å². The molecule has 0 atom stereocenters. The average molecular weight is 602 g/mol. The van der Waals surface area contributed by atoms with Gasteiger partial charge in [0.05, 0.1) is 21.8 Å². The first-order valence-corrected chi connectivity index (χ1v) is 15.6. The predicted octanol–water partition coefficient (Wildman–Crippen LogP) is 5.45. The highest BCUT2D eigenvalue weighted by Crippen LogP contribution is 2.27. The predicted molar refractivity (Wildman–Crippen MR) is 161 cm³/mol. The summed E-state index contributed by atoms with van der Waals surface area (Å²) in [5.74, 6) is -0.934. The Hall–Kier alpha value is -3.08. The van der Waals surface area contributed by atoms with Crippen molar-refractivity contribution in [2.75, 3.05) is 25.5 Å². The summed E-state index contributed by atoms with van der Waals surface area (Å²) in [6.45, 7) is 8.69. The number of rotatable bonds is 8. The van der Waals surface area contributed by atoms with Gasteiger partial charge < -0.3 is 15.5 Å². The summed E-state index contributed by atoms with van der Waals surface area (Å²) in [7, 11) is -1.37. The molecule has 1 amide bonds. The molecule has 0 aliphatic carbocycles. The molecule has 1 aliphatic rings. The van der Waals surface area contributed by atoms with Gasteiger partial charge in [0.15, 0.2) is 9.84 Å². The van der Waals surface area contributed by atoms with Crippen molar-refractivity contribution in [3.8, 4) is 0 Å².